The maximum atomic E-state index is 13.5. The van der Waals surface area contributed by atoms with Crippen molar-refractivity contribution in [2.45, 2.75) is 31.5 Å². The SMILES string of the molecule is Cc1ccc(S(=O)(=O)n2ccc3c(-c4cnc5nc(C)n(Cc6ccc(C(F)(F)F)cc6)c5n4)cn(C)c(=O)c32)cc1. The van der Waals surface area contributed by atoms with Crippen LogP contribution in [0.4, 0.5) is 13.2 Å². The first-order valence-corrected chi connectivity index (χ1v) is 14.2. The summed E-state index contributed by atoms with van der Waals surface area (Å²) in [7, 11) is -2.56. The summed E-state index contributed by atoms with van der Waals surface area (Å²) in [6.45, 7) is 3.79. The Kier molecular flexibility index (Phi) is 6.30. The third-order valence-electron chi connectivity index (χ3n) is 7.11. The van der Waals surface area contributed by atoms with Gasteiger partial charge in [0.15, 0.2) is 11.3 Å². The van der Waals surface area contributed by atoms with Crippen LogP contribution in [-0.2, 0) is 29.8 Å². The number of aromatic nitrogens is 6. The Labute approximate surface area is 237 Å². The summed E-state index contributed by atoms with van der Waals surface area (Å²) in [6, 6.07) is 12.8. The zero-order chi connectivity index (χ0) is 30.0. The van der Waals surface area contributed by atoms with Crippen LogP contribution in [0.1, 0.15) is 22.5 Å². The van der Waals surface area contributed by atoms with E-state index in [-0.39, 0.29) is 17.0 Å². The van der Waals surface area contributed by atoms with Gasteiger partial charge in [-0.2, -0.15) is 13.2 Å². The molecule has 0 unspecified atom stereocenters. The molecular formula is C29H23F3N6O3S. The molecule has 0 fully saturated rings. The fourth-order valence-corrected chi connectivity index (χ4v) is 6.20. The van der Waals surface area contributed by atoms with Gasteiger partial charge in [0, 0.05) is 30.4 Å². The Morgan fingerprint density at radius 3 is 2.29 bits per heavy atom. The molecule has 214 valence electrons. The van der Waals surface area contributed by atoms with Gasteiger partial charge in [0.05, 0.1) is 28.9 Å². The van der Waals surface area contributed by atoms with Gasteiger partial charge in [0.2, 0.25) is 0 Å². The third kappa shape index (κ3) is 4.55. The summed E-state index contributed by atoms with van der Waals surface area (Å²) in [4.78, 5) is 26.9. The Morgan fingerprint density at radius 2 is 1.62 bits per heavy atom. The molecule has 6 rings (SSSR count). The molecule has 0 saturated heterocycles. The second-order valence-corrected chi connectivity index (χ2v) is 11.8. The van der Waals surface area contributed by atoms with Crippen molar-refractivity contribution in [1.29, 1.82) is 0 Å². The highest BCUT2D eigenvalue weighted by Gasteiger charge is 2.30. The van der Waals surface area contributed by atoms with Crippen LogP contribution in [-0.4, -0.2) is 36.5 Å². The zero-order valence-corrected chi connectivity index (χ0v) is 23.4. The molecule has 6 aromatic rings. The summed E-state index contributed by atoms with van der Waals surface area (Å²) in [5.74, 6) is 0.558. The van der Waals surface area contributed by atoms with Crippen molar-refractivity contribution in [3.8, 4) is 11.3 Å². The van der Waals surface area contributed by atoms with Crippen molar-refractivity contribution >= 4 is 32.2 Å². The first-order valence-electron chi connectivity index (χ1n) is 12.7. The molecule has 0 saturated carbocycles. The average molecular weight is 593 g/mol. The lowest BCUT2D eigenvalue weighted by Crippen LogP contribution is -2.22. The Bertz CT molecular complexity index is 2160. The molecule has 0 amide bonds. The van der Waals surface area contributed by atoms with Gasteiger partial charge < -0.3 is 9.13 Å². The molecule has 0 aliphatic heterocycles. The van der Waals surface area contributed by atoms with E-state index in [1.54, 1.807) is 35.9 Å². The van der Waals surface area contributed by atoms with Gasteiger partial charge >= 0.3 is 6.18 Å². The number of aryl methyl sites for hydroxylation is 3. The fraction of sp³-hybridized carbons (Fsp3) is 0.172. The normalized spacial score (nSPS) is 12.4. The van der Waals surface area contributed by atoms with E-state index in [9.17, 15) is 26.4 Å². The molecule has 0 radical (unpaired) electrons. The quantitative estimate of drug-likeness (QED) is 0.277. The first kappa shape index (κ1) is 27.4. The van der Waals surface area contributed by atoms with Gasteiger partial charge in [-0.15, -0.1) is 0 Å². The maximum absolute atomic E-state index is 13.5. The van der Waals surface area contributed by atoms with Crippen LogP contribution in [0.5, 0.6) is 0 Å². The Morgan fingerprint density at radius 1 is 0.929 bits per heavy atom. The monoisotopic (exact) mass is 592 g/mol. The highest BCUT2D eigenvalue weighted by molar-refractivity contribution is 7.90. The molecule has 13 heteroatoms. The minimum atomic E-state index is -4.43. The van der Waals surface area contributed by atoms with Gasteiger partial charge in [0.1, 0.15) is 11.3 Å². The van der Waals surface area contributed by atoms with E-state index in [0.717, 1.165) is 21.7 Å². The predicted octanol–water partition coefficient (Wildman–Crippen LogP) is 5.07. The standard InChI is InChI=1S/C29H23F3N6O3S/c1-17-4-10-21(11-5-17)42(40,41)38-13-12-22-23(16-36(3)28(39)25(22)38)24-14-33-26-27(35-24)37(18(2)34-26)15-19-6-8-20(9-7-19)29(30,31)32/h4-14,16H,15H2,1-3H3. The van der Waals surface area contributed by atoms with Gasteiger partial charge in [-0.3, -0.25) is 4.79 Å². The van der Waals surface area contributed by atoms with E-state index in [2.05, 4.69) is 9.97 Å². The predicted molar refractivity (Wildman–Crippen MR) is 151 cm³/mol. The van der Waals surface area contributed by atoms with Gasteiger partial charge in [-0.1, -0.05) is 29.8 Å². The van der Waals surface area contributed by atoms with E-state index in [1.807, 2.05) is 6.92 Å². The van der Waals surface area contributed by atoms with Gasteiger partial charge in [-0.25, -0.2) is 27.3 Å². The topological polar surface area (TPSA) is 105 Å². The number of benzene rings is 2. The number of hydrogen-bond acceptors (Lipinski definition) is 6. The van der Waals surface area contributed by atoms with Crippen molar-refractivity contribution in [2.75, 3.05) is 0 Å². The Hall–Kier alpha value is -4.78. The zero-order valence-electron chi connectivity index (χ0n) is 22.6. The molecule has 4 aromatic heterocycles. The van der Waals surface area contributed by atoms with Crippen molar-refractivity contribution in [2.24, 2.45) is 7.05 Å². The van der Waals surface area contributed by atoms with Gasteiger partial charge in [0.25, 0.3) is 15.6 Å². The molecule has 9 nitrogen and oxygen atoms in total. The molecule has 4 heterocycles. The second kappa shape index (κ2) is 9.65. The van der Waals surface area contributed by atoms with Crippen LogP contribution < -0.4 is 5.56 Å². The van der Waals surface area contributed by atoms with E-state index >= 15 is 0 Å². The van der Waals surface area contributed by atoms with Crippen molar-refractivity contribution in [3.63, 3.8) is 0 Å². The largest absolute Gasteiger partial charge is 0.416 e. The molecule has 0 bridgehead atoms. The van der Waals surface area contributed by atoms with E-state index in [1.165, 1.54) is 48.3 Å². The van der Waals surface area contributed by atoms with E-state index in [0.29, 0.717) is 39.3 Å². The minimum absolute atomic E-state index is 0.0353. The molecule has 0 aliphatic carbocycles. The van der Waals surface area contributed by atoms with Crippen LogP contribution in [0.3, 0.4) is 0 Å². The number of fused-ring (bicyclic) bond motifs is 2. The third-order valence-corrected chi connectivity index (χ3v) is 8.80. The molecule has 0 N–H and O–H groups in total. The lowest BCUT2D eigenvalue weighted by molar-refractivity contribution is -0.137. The Balaban J connectivity index is 1.47. The van der Waals surface area contributed by atoms with Crippen LogP contribution in [0.2, 0.25) is 0 Å². The summed E-state index contributed by atoms with van der Waals surface area (Å²) >= 11 is 0. The van der Waals surface area contributed by atoms with E-state index in [4.69, 9.17) is 4.98 Å². The molecular weight excluding hydrogens is 569 g/mol. The summed E-state index contributed by atoms with van der Waals surface area (Å²) in [5.41, 5.74) is 1.78. The molecule has 2 aromatic carbocycles. The number of halogens is 3. The first-order chi connectivity index (χ1) is 19.8. The summed E-state index contributed by atoms with van der Waals surface area (Å²) < 4.78 is 70.1. The average Bonchev–Trinajstić information content (AvgIpc) is 3.53. The number of imidazole rings is 1. The highest BCUT2D eigenvalue weighted by Crippen LogP contribution is 2.31. The van der Waals surface area contributed by atoms with Crippen LogP contribution in [0.25, 0.3) is 33.5 Å². The molecule has 42 heavy (non-hydrogen) atoms. The number of rotatable bonds is 5. The smallest absolute Gasteiger partial charge is 0.316 e. The van der Waals surface area contributed by atoms with Crippen molar-refractivity contribution < 1.29 is 21.6 Å². The lowest BCUT2D eigenvalue weighted by atomic mass is 10.1. The summed E-state index contributed by atoms with van der Waals surface area (Å²) in [5, 5.41) is 0.368. The fourth-order valence-electron chi connectivity index (χ4n) is 4.86. The highest BCUT2D eigenvalue weighted by atomic mass is 32.2. The second-order valence-electron chi connectivity index (χ2n) is 9.99. The number of hydrogen-bond donors (Lipinski definition) is 0. The van der Waals surface area contributed by atoms with Crippen LogP contribution >= 0.6 is 0 Å². The van der Waals surface area contributed by atoms with Crippen molar-refractivity contribution in [1.82, 2.24) is 28.1 Å². The minimum Gasteiger partial charge on any atom is -0.316 e. The van der Waals surface area contributed by atoms with E-state index < -0.39 is 27.3 Å². The molecule has 0 atom stereocenters. The number of pyridine rings is 1. The van der Waals surface area contributed by atoms with Crippen LogP contribution in [0, 0.1) is 13.8 Å². The lowest BCUT2D eigenvalue weighted by Gasteiger charge is -2.11. The molecule has 0 spiro atoms. The van der Waals surface area contributed by atoms with Crippen LogP contribution in [0.15, 0.2) is 82.9 Å². The number of nitrogens with zero attached hydrogens (tertiary/aromatic N) is 6. The number of alkyl halides is 3. The molecule has 0 aliphatic rings. The van der Waals surface area contributed by atoms with Crippen molar-refractivity contribution in [3.05, 3.63) is 106 Å². The summed E-state index contributed by atoms with van der Waals surface area (Å²) in [6.07, 6.45) is -0.0408. The maximum Gasteiger partial charge on any atom is 0.416 e. The van der Waals surface area contributed by atoms with Gasteiger partial charge in [-0.05, 0) is 49.7 Å².